The molecule has 0 unspecified atom stereocenters. The van der Waals surface area contributed by atoms with Crippen LogP contribution in [-0.2, 0) is 9.59 Å². The Kier molecular flexibility index (Phi) is 4.97. The average Bonchev–Trinajstić information content (AvgIpc) is 2.53. The van der Waals surface area contributed by atoms with Crippen molar-refractivity contribution in [3.63, 3.8) is 0 Å². The predicted molar refractivity (Wildman–Crippen MR) is 78.7 cm³/mol. The number of fused-ring (bicyclic) bond motifs is 1. The Morgan fingerprint density at radius 1 is 1.17 bits per heavy atom. The van der Waals surface area contributed by atoms with Gasteiger partial charge in [-0.3, -0.25) is 9.78 Å². The summed E-state index contributed by atoms with van der Waals surface area (Å²) in [6.07, 6.45) is -1.07. The summed E-state index contributed by atoms with van der Waals surface area (Å²) in [6, 6.07) is 4.62. The van der Waals surface area contributed by atoms with Crippen molar-refractivity contribution in [1.29, 1.82) is 0 Å². The molecule has 0 fully saturated rings. The number of benzene rings is 1. The highest BCUT2D eigenvalue weighted by atomic mass is 16.6. The molecule has 2 aromatic rings. The van der Waals surface area contributed by atoms with Crippen molar-refractivity contribution in [1.82, 2.24) is 4.98 Å². The van der Waals surface area contributed by atoms with E-state index in [-0.39, 0.29) is 5.75 Å². The fourth-order valence-corrected chi connectivity index (χ4v) is 1.96. The van der Waals surface area contributed by atoms with Gasteiger partial charge in [-0.15, -0.1) is 0 Å². The maximum absolute atomic E-state index is 11.8. The molecule has 0 bridgehead atoms. The molecule has 1 heterocycles. The van der Waals surface area contributed by atoms with Crippen molar-refractivity contribution >= 4 is 22.8 Å². The van der Waals surface area contributed by atoms with Gasteiger partial charge >= 0.3 is 11.9 Å². The summed E-state index contributed by atoms with van der Waals surface area (Å²) in [4.78, 5) is 26.4. The van der Waals surface area contributed by atoms with E-state index >= 15 is 0 Å². The quantitative estimate of drug-likeness (QED) is 0.757. The summed E-state index contributed by atoms with van der Waals surface area (Å²) in [5, 5.41) is 18.5. The Bertz CT molecular complexity index is 744. The summed E-state index contributed by atoms with van der Waals surface area (Å²) in [5.74, 6) is -1.36. The molecule has 0 spiro atoms. The van der Waals surface area contributed by atoms with Crippen molar-refractivity contribution < 1.29 is 34.0 Å². The Hall–Kier alpha value is -2.87. The van der Waals surface area contributed by atoms with Gasteiger partial charge in [0.05, 0.1) is 26.2 Å². The maximum Gasteiger partial charge on any atom is 0.340 e. The topological polar surface area (TPSA) is 115 Å². The van der Waals surface area contributed by atoms with Crippen LogP contribution in [0.15, 0.2) is 24.4 Å². The first-order valence-electron chi connectivity index (χ1n) is 6.58. The first kappa shape index (κ1) is 16.5. The van der Waals surface area contributed by atoms with E-state index in [4.69, 9.17) is 19.3 Å². The summed E-state index contributed by atoms with van der Waals surface area (Å²) < 4.78 is 15.4. The summed E-state index contributed by atoms with van der Waals surface area (Å²) in [6.45, 7) is 0. The lowest BCUT2D eigenvalue weighted by molar-refractivity contribution is -0.150. The van der Waals surface area contributed by atoms with Crippen molar-refractivity contribution in [2.45, 2.75) is 12.5 Å². The molecule has 0 amide bonds. The number of nitrogens with zero attached hydrogens (tertiary/aromatic N) is 1. The minimum absolute atomic E-state index is 0.130. The maximum atomic E-state index is 11.8. The molecule has 0 saturated carbocycles. The third-order valence-electron chi connectivity index (χ3n) is 3.06. The molecule has 2 rings (SSSR count). The number of methoxy groups -OCH3 is 2. The van der Waals surface area contributed by atoms with Crippen molar-refractivity contribution in [3.8, 4) is 17.2 Å². The van der Waals surface area contributed by atoms with Crippen LogP contribution in [0.25, 0.3) is 10.9 Å². The number of carbonyl (C=O) groups is 2. The van der Waals surface area contributed by atoms with Crippen LogP contribution in [0.1, 0.15) is 6.42 Å². The largest absolute Gasteiger partial charge is 0.493 e. The number of aliphatic hydroxyl groups excluding tert-OH is 1. The fourth-order valence-electron chi connectivity index (χ4n) is 1.96. The molecule has 0 saturated heterocycles. The first-order chi connectivity index (χ1) is 11.0. The molecule has 1 aromatic carbocycles. The number of carbonyl (C=O) groups excluding carboxylic acids is 1. The van der Waals surface area contributed by atoms with Crippen molar-refractivity contribution in [2.75, 3.05) is 14.2 Å². The van der Waals surface area contributed by atoms with E-state index in [2.05, 4.69) is 4.98 Å². The molecular formula is C15H15NO7. The molecule has 1 atom stereocenters. The van der Waals surface area contributed by atoms with E-state index < -0.39 is 24.5 Å². The highest BCUT2D eigenvalue weighted by Crippen LogP contribution is 2.35. The number of carboxylic acid groups (broad SMARTS) is 1. The van der Waals surface area contributed by atoms with Crippen LogP contribution < -0.4 is 14.2 Å². The van der Waals surface area contributed by atoms with Gasteiger partial charge in [0.1, 0.15) is 5.75 Å². The van der Waals surface area contributed by atoms with Crippen LogP contribution in [0.4, 0.5) is 0 Å². The van der Waals surface area contributed by atoms with Gasteiger partial charge in [-0.05, 0) is 12.1 Å². The molecule has 122 valence electrons. The summed E-state index contributed by atoms with van der Waals surface area (Å²) in [7, 11) is 2.94. The molecule has 0 aliphatic rings. The normalized spacial score (nSPS) is 11.8. The molecule has 23 heavy (non-hydrogen) atoms. The van der Waals surface area contributed by atoms with Gasteiger partial charge in [-0.25, -0.2) is 4.79 Å². The SMILES string of the molecule is COc1cc2nccc(OC(=O)[C@@H](O)CC(=O)O)c2cc1OC. The summed E-state index contributed by atoms with van der Waals surface area (Å²) >= 11 is 0. The number of aliphatic hydroxyl groups is 1. The molecule has 0 aliphatic heterocycles. The van der Waals surface area contributed by atoms with E-state index in [9.17, 15) is 14.7 Å². The number of rotatable bonds is 6. The zero-order valence-electron chi connectivity index (χ0n) is 12.5. The Labute approximate surface area is 131 Å². The van der Waals surface area contributed by atoms with Crippen LogP contribution in [0, 0.1) is 0 Å². The second-order valence-electron chi connectivity index (χ2n) is 4.57. The van der Waals surface area contributed by atoms with Gasteiger partial charge in [-0.2, -0.15) is 0 Å². The van der Waals surface area contributed by atoms with Gasteiger partial charge in [0, 0.05) is 17.6 Å². The molecule has 0 radical (unpaired) electrons. The smallest absolute Gasteiger partial charge is 0.340 e. The highest BCUT2D eigenvalue weighted by Gasteiger charge is 2.22. The van der Waals surface area contributed by atoms with Gasteiger partial charge in [-0.1, -0.05) is 0 Å². The van der Waals surface area contributed by atoms with E-state index in [0.29, 0.717) is 22.4 Å². The number of hydrogen-bond acceptors (Lipinski definition) is 7. The van der Waals surface area contributed by atoms with E-state index in [1.165, 1.54) is 26.5 Å². The lowest BCUT2D eigenvalue weighted by atomic mass is 10.1. The number of aliphatic carboxylic acids is 1. The minimum Gasteiger partial charge on any atom is -0.493 e. The van der Waals surface area contributed by atoms with Crippen LogP contribution in [0.3, 0.4) is 0 Å². The van der Waals surface area contributed by atoms with Gasteiger partial charge in [0.25, 0.3) is 0 Å². The number of aromatic nitrogens is 1. The van der Waals surface area contributed by atoms with Gasteiger partial charge in [0.2, 0.25) is 0 Å². The van der Waals surface area contributed by atoms with E-state index in [1.807, 2.05) is 0 Å². The Balaban J connectivity index is 2.37. The highest BCUT2D eigenvalue weighted by molar-refractivity contribution is 5.91. The number of carboxylic acids is 1. The zero-order chi connectivity index (χ0) is 17.0. The zero-order valence-corrected chi connectivity index (χ0v) is 12.5. The van der Waals surface area contributed by atoms with Gasteiger partial charge < -0.3 is 24.4 Å². The fraction of sp³-hybridized carbons (Fsp3) is 0.267. The molecule has 8 nitrogen and oxygen atoms in total. The molecular weight excluding hydrogens is 306 g/mol. The lowest BCUT2D eigenvalue weighted by Gasteiger charge is -2.12. The van der Waals surface area contributed by atoms with Crippen LogP contribution in [0.2, 0.25) is 0 Å². The number of esters is 1. The minimum atomic E-state index is -1.75. The van der Waals surface area contributed by atoms with Crippen LogP contribution >= 0.6 is 0 Å². The lowest BCUT2D eigenvalue weighted by Crippen LogP contribution is -2.28. The Morgan fingerprint density at radius 2 is 1.83 bits per heavy atom. The predicted octanol–water partition coefficient (Wildman–Crippen LogP) is 0.993. The third kappa shape index (κ3) is 3.67. The number of hydrogen-bond donors (Lipinski definition) is 2. The summed E-state index contributed by atoms with van der Waals surface area (Å²) in [5.41, 5.74) is 0.487. The van der Waals surface area contributed by atoms with Crippen LogP contribution in [-0.4, -0.2) is 47.5 Å². The molecule has 2 N–H and O–H groups in total. The third-order valence-corrected chi connectivity index (χ3v) is 3.06. The van der Waals surface area contributed by atoms with Crippen molar-refractivity contribution in [2.24, 2.45) is 0 Å². The molecule has 8 heteroatoms. The molecule has 0 aliphatic carbocycles. The second-order valence-corrected chi connectivity index (χ2v) is 4.57. The standard InChI is InChI=1S/C15H15NO7/c1-21-12-5-8-9(6-13(12)22-2)16-4-3-11(8)23-15(20)10(17)7-14(18)19/h3-6,10,17H,7H2,1-2H3,(H,18,19)/t10-/m0/s1. The van der Waals surface area contributed by atoms with Crippen molar-refractivity contribution in [3.05, 3.63) is 24.4 Å². The molecule has 1 aromatic heterocycles. The van der Waals surface area contributed by atoms with E-state index in [0.717, 1.165) is 0 Å². The van der Waals surface area contributed by atoms with E-state index in [1.54, 1.807) is 12.1 Å². The number of pyridine rings is 1. The van der Waals surface area contributed by atoms with Crippen LogP contribution in [0.5, 0.6) is 17.2 Å². The van der Waals surface area contributed by atoms with Gasteiger partial charge in [0.15, 0.2) is 17.6 Å². The first-order valence-corrected chi connectivity index (χ1v) is 6.58. The Morgan fingerprint density at radius 3 is 2.43 bits per heavy atom. The average molecular weight is 321 g/mol. The monoisotopic (exact) mass is 321 g/mol. The second kappa shape index (κ2) is 6.93. The number of ether oxygens (including phenoxy) is 3.